The summed E-state index contributed by atoms with van der Waals surface area (Å²) in [6.45, 7) is 4.15. The second-order valence-corrected chi connectivity index (χ2v) is 11.8. The molecule has 0 saturated heterocycles. The van der Waals surface area contributed by atoms with Gasteiger partial charge < -0.3 is 0 Å². The molecule has 33 heavy (non-hydrogen) atoms. The molecule has 2 aromatic carbocycles. The molecule has 0 radical (unpaired) electrons. The number of thiophene rings is 1. The number of benzene rings is 2. The molecule has 0 saturated carbocycles. The van der Waals surface area contributed by atoms with Gasteiger partial charge in [0.2, 0.25) is 0 Å². The molecule has 1 aliphatic carbocycles. The van der Waals surface area contributed by atoms with E-state index in [9.17, 15) is 4.79 Å². The average molecular weight is 490 g/mol. The van der Waals surface area contributed by atoms with Crippen LogP contribution in [0, 0.1) is 13.8 Å². The third-order valence-electron chi connectivity index (χ3n) is 6.09. The standard InChI is InChI=1S/C26H23N3OS3/c1-15-11-16(2)13-17(12-15)29-25(30)23-18-7-3-5-9-20(18)33-24(23)28-26(29)31-14-22-27-19-8-4-6-10-21(19)32-22/h4,6,8,10-13H,3,5,7,9,14H2,1-2H3. The largest absolute Gasteiger partial charge is 0.268 e. The topological polar surface area (TPSA) is 47.8 Å². The molecular weight excluding hydrogens is 467 g/mol. The highest BCUT2D eigenvalue weighted by Gasteiger charge is 2.23. The van der Waals surface area contributed by atoms with Crippen molar-refractivity contribution in [3.8, 4) is 5.69 Å². The Morgan fingerprint density at radius 3 is 2.61 bits per heavy atom. The number of aromatic nitrogens is 3. The van der Waals surface area contributed by atoms with Crippen LogP contribution >= 0.6 is 34.4 Å². The van der Waals surface area contributed by atoms with Crippen LogP contribution < -0.4 is 5.56 Å². The number of rotatable bonds is 4. The van der Waals surface area contributed by atoms with Crippen molar-refractivity contribution >= 4 is 54.9 Å². The van der Waals surface area contributed by atoms with Crippen LogP contribution in [0.15, 0.2) is 52.4 Å². The smallest absolute Gasteiger partial charge is 0.267 e. The van der Waals surface area contributed by atoms with Gasteiger partial charge in [-0.3, -0.25) is 9.36 Å². The Bertz CT molecular complexity index is 1520. The third-order valence-corrected chi connectivity index (χ3v) is 9.44. The predicted octanol–water partition coefficient (Wildman–Crippen LogP) is 6.84. The van der Waals surface area contributed by atoms with Crippen molar-refractivity contribution in [2.45, 2.75) is 50.4 Å². The molecule has 0 amide bonds. The molecule has 5 aromatic rings. The van der Waals surface area contributed by atoms with Crippen molar-refractivity contribution in [1.29, 1.82) is 0 Å². The van der Waals surface area contributed by atoms with E-state index < -0.39 is 0 Å². The van der Waals surface area contributed by atoms with Gasteiger partial charge in [-0.15, -0.1) is 22.7 Å². The average Bonchev–Trinajstić information content (AvgIpc) is 3.37. The number of hydrogen-bond acceptors (Lipinski definition) is 6. The van der Waals surface area contributed by atoms with Crippen LogP contribution in [-0.4, -0.2) is 14.5 Å². The minimum atomic E-state index is 0.0659. The molecule has 6 rings (SSSR count). The van der Waals surface area contributed by atoms with Crippen molar-refractivity contribution in [3.05, 3.63) is 79.4 Å². The lowest BCUT2D eigenvalue weighted by molar-refractivity contribution is 0.699. The van der Waals surface area contributed by atoms with Gasteiger partial charge >= 0.3 is 0 Å². The summed E-state index contributed by atoms with van der Waals surface area (Å²) in [5.74, 6) is 0.688. The molecule has 0 aliphatic heterocycles. The van der Waals surface area contributed by atoms with Crippen LogP contribution in [-0.2, 0) is 18.6 Å². The van der Waals surface area contributed by atoms with Crippen molar-refractivity contribution in [3.63, 3.8) is 0 Å². The Labute approximate surface area is 204 Å². The maximum absolute atomic E-state index is 14.0. The number of fused-ring (bicyclic) bond motifs is 4. The Kier molecular flexibility index (Phi) is 5.35. The molecule has 166 valence electrons. The van der Waals surface area contributed by atoms with Crippen LogP contribution in [0.25, 0.3) is 26.1 Å². The lowest BCUT2D eigenvalue weighted by Gasteiger charge is -2.14. The summed E-state index contributed by atoms with van der Waals surface area (Å²) in [4.78, 5) is 26.0. The first-order valence-electron chi connectivity index (χ1n) is 11.2. The molecule has 3 aromatic heterocycles. The van der Waals surface area contributed by atoms with Gasteiger partial charge in [0, 0.05) is 4.88 Å². The lowest BCUT2D eigenvalue weighted by Crippen LogP contribution is -2.22. The fraction of sp³-hybridized carbons (Fsp3) is 0.269. The van der Waals surface area contributed by atoms with Gasteiger partial charge in [0.15, 0.2) is 5.16 Å². The fourth-order valence-corrected chi connectivity index (χ4v) is 7.97. The molecule has 0 N–H and O–H groups in total. The number of thioether (sulfide) groups is 1. The number of hydrogen-bond donors (Lipinski definition) is 0. The Balaban J connectivity index is 1.50. The summed E-state index contributed by atoms with van der Waals surface area (Å²) in [6, 6.07) is 14.5. The van der Waals surface area contributed by atoms with E-state index in [1.54, 1.807) is 34.4 Å². The normalized spacial score (nSPS) is 13.6. The number of thiazole rings is 1. The SMILES string of the molecule is Cc1cc(C)cc(-n2c(SCc3nc4ccccc4s3)nc3sc4c(c3c2=O)CCCC4)c1. The molecule has 0 bridgehead atoms. The molecular formula is C26H23N3OS3. The second-order valence-electron chi connectivity index (χ2n) is 8.64. The van der Waals surface area contributed by atoms with Crippen LogP contribution in [0.1, 0.15) is 39.4 Å². The highest BCUT2D eigenvalue weighted by atomic mass is 32.2. The zero-order valence-corrected chi connectivity index (χ0v) is 21.0. The van der Waals surface area contributed by atoms with Crippen LogP contribution in [0.3, 0.4) is 0 Å². The van der Waals surface area contributed by atoms with E-state index in [2.05, 4.69) is 38.1 Å². The molecule has 0 spiro atoms. The molecule has 7 heteroatoms. The highest BCUT2D eigenvalue weighted by Crippen LogP contribution is 2.36. The van der Waals surface area contributed by atoms with E-state index in [0.29, 0.717) is 5.75 Å². The maximum Gasteiger partial charge on any atom is 0.267 e. The monoisotopic (exact) mass is 489 g/mol. The summed E-state index contributed by atoms with van der Waals surface area (Å²) >= 11 is 5.02. The zero-order valence-electron chi connectivity index (χ0n) is 18.6. The van der Waals surface area contributed by atoms with E-state index in [1.807, 2.05) is 22.8 Å². The van der Waals surface area contributed by atoms with Gasteiger partial charge in [-0.1, -0.05) is 30.0 Å². The highest BCUT2D eigenvalue weighted by molar-refractivity contribution is 7.98. The maximum atomic E-state index is 14.0. The van der Waals surface area contributed by atoms with Gasteiger partial charge in [-0.25, -0.2) is 9.97 Å². The molecule has 3 heterocycles. The Morgan fingerprint density at radius 1 is 1.00 bits per heavy atom. The van der Waals surface area contributed by atoms with Gasteiger partial charge in [-0.05, 0) is 80.5 Å². The van der Waals surface area contributed by atoms with E-state index in [0.717, 1.165) is 62.0 Å². The van der Waals surface area contributed by atoms with Gasteiger partial charge in [0.05, 0.1) is 27.0 Å². The zero-order chi connectivity index (χ0) is 22.5. The fourth-order valence-electron chi connectivity index (χ4n) is 4.70. The third kappa shape index (κ3) is 3.82. The minimum absolute atomic E-state index is 0.0659. The van der Waals surface area contributed by atoms with Crippen molar-refractivity contribution < 1.29 is 0 Å². The first-order valence-corrected chi connectivity index (χ1v) is 13.8. The summed E-state index contributed by atoms with van der Waals surface area (Å²) in [5.41, 5.74) is 5.52. The van der Waals surface area contributed by atoms with E-state index >= 15 is 0 Å². The molecule has 0 fully saturated rings. The van der Waals surface area contributed by atoms with Gasteiger partial charge in [-0.2, -0.15) is 0 Å². The van der Waals surface area contributed by atoms with E-state index in [1.165, 1.54) is 21.6 Å². The van der Waals surface area contributed by atoms with Gasteiger partial charge in [0.25, 0.3) is 5.56 Å². The second kappa shape index (κ2) is 8.38. The van der Waals surface area contributed by atoms with Crippen molar-refractivity contribution in [1.82, 2.24) is 14.5 Å². The Hall–Kier alpha value is -2.48. The van der Waals surface area contributed by atoms with Gasteiger partial charge in [0.1, 0.15) is 9.84 Å². The molecule has 1 aliphatic rings. The van der Waals surface area contributed by atoms with E-state index in [4.69, 9.17) is 9.97 Å². The molecule has 4 nitrogen and oxygen atoms in total. The molecule has 0 unspecified atom stereocenters. The van der Waals surface area contributed by atoms with Crippen molar-refractivity contribution in [2.24, 2.45) is 0 Å². The predicted molar refractivity (Wildman–Crippen MR) is 141 cm³/mol. The quantitative estimate of drug-likeness (QED) is 0.205. The first kappa shape index (κ1) is 21.1. The summed E-state index contributed by atoms with van der Waals surface area (Å²) in [6.07, 6.45) is 4.39. The lowest BCUT2D eigenvalue weighted by atomic mass is 9.97. The van der Waals surface area contributed by atoms with Crippen molar-refractivity contribution in [2.75, 3.05) is 0 Å². The minimum Gasteiger partial charge on any atom is -0.268 e. The first-order chi connectivity index (χ1) is 16.1. The summed E-state index contributed by atoms with van der Waals surface area (Å²) in [7, 11) is 0. The Morgan fingerprint density at radius 2 is 1.79 bits per heavy atom. The van der Waals surface area contributed by atoms with Crippen LogP contribution in [0.5, 0.6) is 0 Å². The van der Waals surface area contributed by atoms with E-state index in [-0.39, 0.29) is 5.56 Å². The number of aryl methyl sites for hydroxylation is 4. The van der Waals surface area contributed by atoms with Crippen LogP contribution in [0.4, 0.5) is 0 Å². The van der Waals surface area contributed by atoms with Crippen LogP contribution in [0.2, 0.25) is 0 Å². The summed E-state index contributed by atoms with van der Waals surface area (Å²) < 4.78 is 3.02. The summed E-state index contributed by atoms with van der Waals surface area (Å²) in [5, 5.41) is 2.63. The number of nitrogens with zero attached hydrogens (tertiary/aromatic N) is 3. The molecule has 0 atom stereocenters. The number of para-hydroxylation sites is 1.